The molecule has 1 aliphatic rings. The maximum Gasteiger partial charge on any atom is 0.273 e. The molecular formula is C12H15ClN2O3. The number of anilines is 1. The van der Waals surface area contributed by atoms with Crippen molar-refractivity contribution in [1.82, 2.24) is 0 Å². The maximum atomic E-state index is 10.8. The predicted octanol–water partition coefficient (Wildman–Crippen LogP) is 2.56. The molecule has 1 aromatic carbocycles. The highest BCUT2D eigenvalue weighted by Crippen LogP contribution is 2.28. The summed E-state index contributed by atoms with van der Waals surface area (Å²) in [5.74, 6) is 0.145. The minimum Gasteiger partial charge on any atom is -0.380 e. The fourth-order valence-corrected chi connectivity index (χ4v) is 2.42. The Labute approximate surface area is 110 Å². The van der Waals surface area contributed by atoms with Gasteiger partial charge in [0.15, 0.2) is 0 Å². The van der Waals surface area contributed by atoms with Crippen molar-refractivity contribution in [1.29, 1.82) is 0 Å². The molecule has 1 aliphatic heterocycles. The summed E-state index contributed by atoms with van der Waals surface area (Å²) in [5, 5.41) is 10.8. The maximum absolute atomic E-state index is 10.8. The summed E-state index contributed by atoms with van der Waals surface area (Å²) in [7, 11) is 1.70. The molecule has 0 amide bonds. The zero-order chi connectivity index (χ0) is 13.1. The van der Waals surface area contributed by atoms with Crippen LogP contribution in [0.1, 0.15) is 12.0 Å². The Morgan fingerprint density at radius 2 is 2.39 bits per heavy atom. The van der Waals surface area contributed by atoms with E-state index in [9.17, 15) is 10.1 Å². The lowest BCUT2D eigenvalue weighted by Gasteiger charge is -2.18. The number of ether oxygens (including phenoxy) is 1. The number of methoxy groups -OCH3 is 1. The number of nitrogens with zero attached hydrogens (tertiary/aromatic N) is 2. The first-order chi connectivity index (χ1) is 8.65. The van der Waals surface area contributed by atoms with Gasteiger partial charge < -0.3 is 9.64 Å². The molecule has 0 radical (unpaired) electrons. The van der Waals surface area contributed by atoms with Crippen molar-refractivity contribution in [3.8, 4) is 0 Å². The third kappa shape index (κ3) is 2.57. The van der Waals surface area contributed by atoms with Gasteiger partial charge in [-0.25, -0.2) is 0 Å². The van der Waals surface area contributed by atoms with Crippen molar-refractivity contribution >= 4 is 23.0 Å². The number of halogens is 1. The summed E-state index contributed by atoms with van der Waals surface area (Å²) in [4.78, 5) is 12.6. The minimum atomic E-state index is -0.399. The standard InChI is InChI=1S/C12H15ClN2O3/c1-18-11-4-5-14(8-11)10-2-3-12(15(16)17)9(6-10)7-13/h2-3,6,11H,4-5,7-8H2,1H3. The Hall–Kier alpha value is -1.33. The highest BCUT2D eigenvalue weighted by atomic mass is 35.5. The van der Waals surface area contributed by atoms with E-state index in [1.54, 1.807) is 19.2 Å². The molecule has 0 saturated carbocycles. The Morgan fingerprint density at radius 1 is 1.61 bits per heavy atom. The first kappa shape index (κ1) is 13.1. The van der Waals surface area contributed by atoms with Gasteiger partial charge >= 0.3 is 0 Å². The molecule has 0 spiro atoms. The van der Waals surface area contributed by atoms with Crippen molar-refractivity contribution < 1.29 is 9.66 Å². The average Bonchev–Trinajstić information content (AvgIpc) is 2.86. The molecular weight excluding hydrogens is 256 g/mol. The Kier molecular flexibility index (Phi) is 4.04. The van der Waals surface area contributed by atoms with E-state index in [0.717, 1.165) is 25.2 Å². The van der Waals surface area contributed by atoms with E-state index < -0.39 is 4.92 Å². The molecule has 6 heteroatoms. The summed E-state index contributed by atoms with van der Waals surface area (Å²) in [5.41, 5.74) is 1.60. The van der Waals surface area contributed by atoms with Crippen molar-refractivity contribution in [3.05, 3.63) is 33.9 Å². The van der Waals surface area contributed by atoms with Crippen molar-refractivity contribution in [2.45, 2.75) is 18.4 Å². The molecule has 1 fully saturated rings. The predicted molar refractivity (Wildman–Crippen MR) is 70.3 cm³/mol. The van der Waals surface area contributed by atoms with Gasteiger partial charge in [0.05, 0.1) is 16.9 Å². The molecule has 1 unspecified atom stereocenters. The van der Waals surface area contributed by atoms with Gasteiger partial charge in [-0.3, -0.25) is 10.1 Å². The van der Waals surface area contributed by atoms with E-state index in [2.05, 4.69) is 4.90 Å². The molecule has 0 aromatic heterocycles. The van der Waals surface area contributed by atoms with E-state index in [-0.39, 0.29) is 17.7 Å². The first-order valence-electron chi connectivity index (χ1n) is 5.76. The van der Waals surface area contributed by atoms with E-state index in [1.807, 2.05) is 0 Å². The van der Waals surface area contributed by atoms with Crippen LogP contribution < -0.4 is 4.90 Å². The molecule has 1 atom stereocenters. The van der Waals surface area contributed by atoms with Crippen LogP contribution in [0.15, 0.2) is 18.2 Å². The normalized spacial score (nSPS) is 19.2. The lowest BCUT2D eigenvalue weighted by molar-refractivity contribution is -0.385. The van der Waals surface area contributed by atoms with Gasteiger partial charge in [0.1, 0.15) is 0 Å². The van der Waals surface area contributed by atoms with Crippen molar-refractivity contribution in [3.63, 3.8) is 0 Å². The van der Waals surface area contributed by atoms with Gasteiger partial charge in [0.2, 0.25) is 0 Å². The van der Waals surface area contributed by atoms with Crippen LogP contribution in [0.4, 0.5) is 11.4 Å². The zero-order valence-corrected chi connectivity index (χ0v) is 10.9. The number of hydrogen-bond acceptors (Lipinski definition) is 4. The summed E-state index contributed by atoms with van der Waals surface area (Å²) < 4.78 is 5.31. The number of benzene rings is 1. The topological polar surface area (TPSA) is 55.6 Å². The van der Waals surface area contributed by atoms with Crippen molar-refractivity contribution in [2.75, 3.05) is 25.1 Å². The Balaban J connectivity index is 2.22. The number of hydrogen-bond donors (Lipinski definition) is 0. The average molecular weight is 271 g/mol. The summed E-state index contributed by atoms with van der Waals surface area (Å²) >= 11 is 5.76. The highest BCUT2D eigenvalue weighted by molar-refractivity contribution is 6.17. The quantitative estimate of drug-likeness (QED) is 0.479. The van der Waals surface area contributed by atoms with Gasteiger partial charge in [0.25, 0.3) is 5.69 Å². The van der Waals surface area contributed by atoms with E-state index in [0.29, 0.717) is 5.56 Å². The lowest BCUT2D eigenvalue weighted by Crippen LogP contribution is -2.22. The van der Waals surface area contributed by atoms with Crippen LogP contribution >= 0.6 is 11.6 Å². The van der Waals surface area contributed by atoms with Crippen LogP contribution in [0, 0.1) is 10.1 Å². The number of rotatable bonds is 4. The van der Waals surface area contributed by atoms with Gasteiger partial charge in [-0.2, -0.15) is 0 Å². The molecule has 1 aromatic rings. The molecule has 1 heterocycles. The molecule has 1 saturated heterocycles. The lowest BCUT2D eigenvalue weighted by atomic mass is 10.1. The third-order valence-corrected chi connectivity index (χ3v) is 3.54. The highest BCUT2D eigenvalue weighted by Gasteiger charge is 2.23. The summed E-state index contributed by atoms with van der Waals surface area (Å²) in [6.07, 6.45) is 1.21. The van der Waals surface area contributed by atoms with Gasteiger partial charge in [-0.05, 0) is 18.6 Å². The second kappa shape index (κ2) is 5.54. The third-order valence-electron chi connectivity index (χ3n) is 3.25. The molecule has 0 aliphatic carbocycles. The minimum absolute atomic E-state index is 0.0799. The number of nitro benzene ring substituents is 1. The molecule has 0 bridgehead atoms. The van der Waals surface area contributed by atoms with Crippen LogP contribution in [0.25, 0.3) is 0 Å². The molecule has 2 rings (SSSR count). The van der Waals surface area contributed by atoms with Gasteiger partial charge in [0, 0.05) is 37.5 Å². The van der Waals surface area contributed by atoms with Crippen molar-refractivity contribution in [2.24, 2.45) is 0 Å². The Morgan fingerprint density at radius 3 is 2.94 bits per heavy atom. The second-order valence-corrected chi connectivity index (χ2v) is 4.56. The second-order valence-electron chi connectivity index (χ2n) is 4.30. The monoisotopic (exact) mass is 270 g/mol. The Bertz CT molecular complexity index is 453. The van der Waals surface area contributed by atoms with E-state index in [1.165, 1.54) is 6.07 Å². The SMILES string of the molecule is COC1CCN(c2ccc([N+](=O)[O-])c(CCl)c2)C1. The zero-order valence-electron chi connectivity index (χ0n) is 10.1. The molecule has 0 N–H and O–H groups in total. The molecule has 5 nitrogen and oxygen atoms in total. The first-order valence-corrected chi connectivity index (χ1v) is 6.30. The van der Waals surface area contributed by atoms with Crippen LogP contribution in [0.3, 0.4) is 0 Å². The van der Waals surface area contributed by atoms with E-state index >= 15 is 0 Å². The van der Waals surface area contributed by atoms with Crippen LogP contribution in [0.5, 0.6) is 0 Å². The van der Waals surface area contributed by atoms with Crippen LogP contribution in [-0.4, -0.2) is 31.2 Å². The molecule has 18 heavy (non-hydrogen) atoms. The fraction of sp³-hybridized carbons (Fsp3) is 0.500. The van der Waals surface area contributed by atoms with Crippen LogP contribution in [0.2, 0.25) is 0 Å². The summed E-state index contributed by atoms with van der Waals surface area (Å²) in [6.45, 7) is 1.72. The summed E-state index contributed by atoms with van der Waals surface area (Å²) in [6, 6.07) is 5.09. The molecule has 98 valence electrons. The number of alkyl halides is 1. The number of nitro groups is 1. The van der Waals surface area contributed by atoms with Gasteiger partial charge in [-0.15, -0.1) is 11.6 Å². The van der Waals surface area contributed by atoms with Gasteiger partial charge in [-0.1, -0.05) is 0 Å². The fourth-order valence-electron chi connectivity index (χ4n) is 2.21. The largest absolute Gasteiger partial charge is 0.380 e. The van der Waals surface area contributed by atoms with Crippen LogP contribution in [-0.2, 0) is 10.6 Å². The van der Waals surface area contributed by atoms with E-state index in [4.69, 9.17) is 16.3 Å². The smallest absolute Gasteiger partial charge is 0.273 e.